The van der Waals surface area contributed by atoms with Crippen LogP contribution in [0.5, 0.6) is 0 Å². The van der Waals surface area contributed by atoms with E-state index in [0.29, 0.717) is 5.56 Å². The average molecular weight is 363 g/mol. The monoisotopic (exact) mass is 362 g/mol. The highest BCUT2D eigenvalue weighted by Gasteiger charge is 2.37. The molecule has 2 nitrogen and oxygen atoms in total. The summed E-state index contributed by atoms with van der Waals surface area (Å²) in [5, 5.41) is 9.04. The van der Waals surface area contributed by atoms with Crippen LogP contribution in [0.15, 0.2) is 36.4 Å². The normalized spacial score (nSPS) is 17.7. The molecular weight excluding hydrogens is 332 g/mol. The van der Waals surface area contributed by atoms with Gasteiger partial charge in [-0.15, -0.1) is 0 Å². The first kappa shape index (κ1) is 19.4. The van der Waals surface area contributed by atoms with Gasteiger partial charge in [-0.25, -0.2) is 4.79 Å². The predicted octanol–water partition coefficient (Wildman–Crippen LogP) is 6.47. The molecule has 0 aromatic heterocycles. The Balaban J connectivity index is 2.02. The van der Waals surface area contributed by atoms with E-state index in [1.807, 2.05) is 12.1 Å². The first-order valence-electron chi connectivity index (χ1n) is 9.83. The summed E-state index contributed by atoms with van der Waals surface area (Å²) in [6.07, 6.45) is 7.68. The third-order valence-corrected chi connectivity index (χ3v) is 6.11. The number of benzene rings is 2. The first-order valence-corrected chi connectivity index (χ1v) is 9.83. The highest BCUT2D eigenvalue weighted by Crippen LogP contribution is 2.46. The molecule has 2 heteroatoms. The van der Waals surface area contributed by atoms with Crippen molar-refractivity contribution in [3.05, 3.63) is 69.8 Å². The lowest BCUT2D eigenvalue weighted by atomic mass is 9.62. The quantitative estimate of drug-likeness (QED) is 0.633. The Morgan fingerprint density at radius 3 is 2.04 bits per heavy atom. The topological polar surface area (TPSA) is 37.3 Å². The lowest BCUT2D eigenvalue weighted by Crippen LogP contribution is -2.34. The van der Waals surface area contributed by atoms with E-state index in [1.165, 1.54) is 35.1 Å². The molecule has 1 N–H and O–H groups in total. The highest BCUT2D eigenvalue weighted by molar-refractivity contribution is 5.88. The molecule has 0 heterocycles. The molecule has 2 aromatic rings. The van der Waals surface area contributed by atoms with E-state index in [4.69, 9.17) is 5.11 Å². The van der Waals surface area contributed by atoms with Crippen LogP contribution in [0.2, 0.25) is 0 Å². The van der Waals surface area contributed by atoms with Crippen molar-refractivity contribution in [2.24, 2.45) is 0 Å². The molecule has 27 heavy (non-hydrogen) atoms. The van der Waals surface area contributed by atoms with E-state index in [1.54, 1.807) is 12.1 Å². The number of aryl methyl sites for hydroxylation is 1. The molecule has 0 saturated heterocycles. The first-order chi connectivity index (χ1) is 12.6. The molecule has 0 amide bonds. The molecule has 0 atom stereocenters. The number of carboxylic acids is 1. The fourth-order valence-corrected chi connectivity index (χ4v) is 4.06. The second-order valence-electron chi connectivity index (χ2n) is 8.98. The molecule has 0 bridgehead atoms. The van der Waals surface area contributed by atoms with Crippen LogP contribution in [0.4, 0.5) is 0 Å². The molecule has 0 radical (unpaired) electrons. The van der Waals surface area contributed by atoms with Gasteiger partial charge < -0.3 is 5.11 Å². The number of hydrogen-bond donors (Lipinski definition) is 1. The Hall–Kier alpha value is -2.35. The van der Waals surface area contributed by atoms with Crippen LogP contribution in [0.3, 0.4) is 0 Å². The second kappa shape index (κ2) is 6.99. The molecule has 0 aliphatic heterocycles. The van der Waals surface area contributed by atoms with Gasteiger partial charge in [0.25, 0.3) is 0 Å². The molecule has 0 fully saturated rings. The summed E-state index contributed by atoms with van der Waals surface area (Å²) in [5.74, 6) is -0.890. The summed E-state index contributed by atoms with van der Waals surface area (Å²) in [6, 6.07) is 11.8. The largest absolute Gasteiger partial charge is 0.478 e. The number of carbonyl (C=O) groups is 1. The molecule has 1 aliphatic carbocycles. The van der Waals surface area contributed by atoms with Crippen molar-refractivity contribution in [2.45, 2.75) is 64.7 Å². The van der Waals surface area contributed by atoms with E-state index in [2.05, 4.69) is 58.9 Å². The fourth-order valence-electron chi connectivity index (χ4n) is 4.06. The number of fused-ring (bicyclic) bond motifs is 1. The summed E-state index contributed by atoms with van der Waals surface area (Å²) >= 11 is 0. The van der Waals surface area contributed by atoms with Gasteiger partial charge in [-0.05, 0) is 70.0 Å². The summed E-state index contributed by atoms with van der Waals surface area (Å²) < 4.78 is 0. The Bertz CT molecular complexity index is 883. The fraction of sp³-hybridized carbons (Fsp3) is 0.400. The van der Waals surface area contributed by atoms with Gasteiger partial charge in [0, 0.05) is 0 Å². The zero-order chi connectivity index (χ0) is 19.8. The minimum absolute atomic E-state index is 0.197. The zero-order valence-electron chi connectivity index (χ0n) is 17.1. The van der Waals surface area contributed by atoms with Gasteiger partial charge in [-0.3, -0.25) is 0 Å². The van der Waals surface area contributed by atoms with Crippen LogP contribution in [0, 0.1) is 0 Å². The number of rotatable bonds is 4. The maximum absolute atomic E-state index is 11.0. The van der Waals surface area contributed by atoms with Gasteiger partial charge in [-0.2, -0.15) is 0 Å². The zero-order valence-corrected chi connectivity index (χ0v) is 17.1. The molecule has 1 aliphatic rings. The molecule has 0 spiro atoms. The minimum Gasteiger partial charge on any atom is -0.478 e. The van der Waals surface area contributed by atoms with E-state index < -0.39 is 5.97 Å². The molecule has 2 aromatic carbocycles. The standard InChI is InChI=1S/C25H30O2/c1-6-18-15-21-22(25(4,5)14-13-24(21,2)3)16-20(18)12-9-17-7-10-19(11-8-17)23(26)27/h7-12,15-16H,6,13-14H2,1-5H3,(H,26,27)/b12-9+. The SMILES string of the molecule is CCc1cc2c(cc1/C=C/c1ccc(C(=O)O)cc1)C(C)(C)CCC2(C)C. The van der Waals surface area contributed by atoms with E-state index >= 15 is 0 Å². The van der Waals surface area contributed by atoms with Crippen LogP contribution in [0.1, 0.15) is 85.6 Å². The molecule has 3 rings (SSSR count). The van der Waals surface area contributed by atoms with Gasteiger partial charge in [0.2, 0.25) is 0 Å². The number of carboxylic acid groups (broad SMARTS) is 1. The van der Waals surface area contributed by atoms with Crippen molar-refractivity contribution >= 4 is 18.1 Å². The lowest BCUT2D eigenvalue weighted by Gasteiger charge is -2.42. The maximum atomic E-state index is 11.0. The van der Waals surface area contributed by atoms with Gasteiger partial charge in [-0.1, -0.05) is 71.0 Å². The molecular formula is C25H30O2. The van der Waals surface area contributed by atoms with Crippen LogP contribution in [0.25, 0.3) is 12.2 Å². The molecule has 0 unspecified atom stereocenters. The second-order valence-corrected chi connectivity index (χ2v) is 8.98. The third kappa shape index (κ3) is 3.85. The molecule has 142 valence electrons. The minimum atomic E-state index is -0.890. The van der Waals surface area contributed by atoms with E-state index in [-0.39, 0.29) is 10.8 Å². The Morgan fingerprint density at radius 2 is 1.52 bits per heavy atom. The predicted molar refractivity (Wildman–Crippen MR) is 113 cm³/mol. The third-order valence-electron chi connectivity index (χ3n) is 6.11. The van der Waals surface area contributed by atoms with Crippen molar-refractivity contribution < 1.29 is 9.90 Å². The number of aromatic carboxylic acids is 1. The Morgan fingerprint density at radius 1 is 0.963 bits per heavy atom. The summed E-state index contributed by atoms with van der Waals surface area (Å²) in [4.78, 5) is 11.0. The summed E-state index contributed by atoms with van der Waals surface area (Å²) in [6.45, 7) is 11.6. The maximum Gasteiger partial charge on any atom is 0.335 e. The van der Waals surface area contributed by atoms with Gasteiger partial charge >= 0.3 is 5.97 Å². The van der Waals surface area contributed by atoms with Gasteiger partial charge in [0.15, 0.2) is 0 Å². The van der Waals surface area contributed by atoms with Crippen molar-refractivity contribution in [3.8, 4) is 0 Å². The Kier molecular flexibility index (Phi) is 5.03. The van der Waals surface area contributed by atoms with E-state index in [9.17, 15) is 4.79 Å². The smallest absolute Gasteiger partial charge is 0.335 e. The number of hydrogen-bond acceptors (Lipinski definition) is 1. The van der Waals surface area contributed by atoms with Crippen molar-refractivity contribution in [1.29, 1.82) is 0 Å². The summed E-state index contributed by atoms with van der Waals surface area (Å²) in [7, 11) is 0. The van der Waals surface area contributed by atoms with Crippen molar-refractivity contribution in [1.82, 2.24) is 0 Å². The van der Waals surface area contributed by atoms with Crippen LogP contribution in [-0.4, -0.2) is 11.1 Å². The van der Waals surface area contributed by atoms with Gasteiger partial charge in [0.05, 0.1) is 5.56 Å². The molecule has 0 saturated carbocycles. The average Bonchev–Trinajstić information content (AvgIpc) is 2.63. The Labute approximate surface area is 162 Å². The van der Waals surface area contributed by atoms with Crippen molar-refractivity contribution in [3.63, 3.8) is 0 Å². The van der Waals surface area contributed by atoms with Crippen LogP contribution >= 0.6 is 0 Å². The summed E-state index contributed by atoms with van der Waals surface area (Å²) in [5.41, 5.74) is 7.36. The van der Waals surface area contributed by atoms with Gasteiger partial charge in [0.1, 0.15) is 0 Å². The van der Waals surface area contributed by atoms with Crippen LogP contribution in [-0.2, 0) is 17.3 Å². The van der Waals surface area contributed by atoms with E-state index in [0.717, 1.165) is 12.0 Å². The highest BCUT2D eigenvalue weighted by atomic mass is 16.4. The van der Waals surface area contributed by atoms with Crippen LogP contribution < -0.4 is 0 Å². The lowest BCUT2D eigenvalue weighted by molar-refractivity contribution is 0.0697. The van der Waals surface area contributed by atoms with Crippen molar-refractivity contribution in [2.75, 3.05) is 0 Å².